The number of hydrogen-bond acceptors (Lipinski definition) is 2. The van der Waals surface area contributed by atoms with Gasteiger partial charge in [-0.3, -0.25) is 4.79 Å². The van der Waals surface area contributed by atoms with E-state index < -0.39 is 0 Å². The first kappa shape index (κ1) is 13.6. The maximum Gasteiger partial charge on any atom is 0.223 e. The average Bonchev–Trinajstić information content (AvgIpc) is 2.35. The van der Waals surface area contributed by atoms with Crippen LogP contribution in [0.1, 0.15) is 38.7 Å². The van der Waals surface area contributed by atoms with Gasteiger partial charge in [0.25, 0.3) is 0 Å². The first-order valence-electron chi connectivity index (χ1n) is 6.06. The van der Waals surface area contributed by atoms with E-state index in [-0.39, 0.29) is 11.8 Å². The quantitative estimate of drug-likeness (QED) is 0.824. The Balaban J connectivity index is 2.54. The number of carbonyl (C=O) groups is 1. The fourth-order valence-corrected chi connectivity index (χ4v) is 1.43. The minimum Gasteiger partial charge on any atom is -0.493 e. The summed E-state index contributed by atoms with van der Waals surface area (Å²) in [6.07, 6.45) is 1.12. The van der Waals surface area contributed by atoms with Gasteiger partial charge in [-0.1, -0.05) is 32.9 Å². The van der Waals surface area contributed by atoms with Gasteiger partial charge in [-0.2, -0.15) is 0 Å². The molecular weight excluding hydrogens is 214 g/mol. The third-order valence-electron chi connectivity index (χ3n) is 3.05. The SMILES string of the molecule is CCC(C)c1ccc(OCC(C)C(N)=O)cc1. The molecule has 1 rings (SSSR count). The Morgan fingerprint density at radius 2 is 1.88 bits per heavy atom. The molecule has 0 bridgehead atoms. The van der Waals surface area contributed by atoms with Gasteiger partial charge in [0.1, 0.15) is 5.75 Å². The highest BCUT2D eigenvalue weighted by Gasteiger charge is 2.09. The molecule has 3 nitrogen and oxygen atoms in total. The molecule has 1 amide bonds. The zero-order chi connectivity index (χ0) is 12.8. The van der Waals surface area contributed by atoms with E-state index in [1.54, 1.807) is 6.92 Å². The lowest BCUT2D eigenvalue weighted by atomic mass is 9.99. The van der Waals surface area contributed by atoms with Crippen molar-refractivity contribution in [2.24, 2.45) is 11.7 Å². The molecule has 0 heterocycles. The molecular formula is C14H21NO2. The van der Waals surface area contributed by atoms with Crippen molar-refractivity contribution in [3.05, 3.63) is 29.8 Å². The molecule has 2 atom stereocenters. The molecule has 0 saturated heterocycles. The molecule has 0 aliphatic carbocycles. The Labute approximate surface area is 103 Å². The Morgan fingerprint density at radius 1 is 1.29 bits per heavy atom. The van der Waals surface area contributed by atoms with E-state index in [1.807, 2.05) is 12.1 Å². The van der Waals surface area contributed by atoms with Gasteiger partial charge < -0.3 is 10.5 Å². The van der Waals surface area contributed by atoms with Crippen LogP contribution in [-0.2, 0) is 4.79 Å². The molecule has 17 heavy (non-hydrogen) atoms. The summed E-state index contributed by atoms with van der Waals surface area (Å²) < 4.78 is 5.50. The normalized spacial score (nSPS) is 14.1. The van der Waals surface area contributed by atoms with Crippen LogP contribution in [0.3, 0.4) is 0 Å². The van der Waals surface area contributed by atoms with Crippen molar-refractivity contribution in [1.29, 1.82) is 0 Å². The van der Waals surface area contributed by atoms with E-state index in [9.17, 15) is 4.79 Å². The second kappa shape index (κ2) is 6.28. The first-order valence-corrected chi connectivity index (χ1v) is 6.06. The highest BCUT2D eigenvalue weighted by Crippen LogP contribution is 2.21. The molecule has 3 heteroatoms. The fraction of sp³-hybridized carbons (Fsp3) is 0.500. The Hall–Kier alpha value is -1.51. The summed E-state index contributed by atoms with van der Waals surface area (Å²) in [5.41, 5.74) is 6.47. The van der Waals surface area contributed by atoms with E-state index in [4.69, 9.17) is 10.5 Å². The van der Waals surface area contributed by atoms with Gasteiger partial charge in [0.15, 0.2) is 0 Å². The van der Waals surface area contributed by atoms with Gasteiger partial charge in [0.2, 0.25) is 5.91 Å². The molecule has 2 unspecified atom stereocenters. The third-order valence-corrected chi connectivity index (χ3v) is 3.05. The summed E-state index contributed by atoms with van der Waals surface area (Å²) in [6.45, 7) is 6.46. The molecule has 0 spiro atoms. The summed E-state index contributed by atoms with van der Waals surface area (Å²) in [6, 6.07) is 8.02. The maximum absolute atomic E-state index is 10.8. The number of hydrogen-bond donors (Lipinski definition) is 1. The Bertz CT molecular complexity index is 359. The average molecular weight is 235 g/mol. The number of primary amides is 1. The van der Waals surface area contributed by atoms with Crippen LogP contribution in [0.2, 0.25) is 0 Å². The van der Waals surface area contributed by atoms with Crippen LogP contribution in [0.5, 0.6) is 5.75 Å². The van der Waals surface area contributed by atoms with Crippen LogP contribution in [0, 0.1) is 5.92 Å². The van der Waals surface area contributed by atoms with Gasteiger partial charge in [-0.25, -0.2) is 0 Å². The highest BCUT2D eigenvalue weighted by atomic mass is 16.5. The number of rotatable bonds is 6. The minimum atomic E-state index is -0.332. The summed E-state index contributed by atoms with van der Waals surface area (Å²) in [4.78, 5) is 10.8. The Kier molecular flexibility index (Phi) is 5.01. The standard InChI is InChI=1S/C14H21NO2/c1-4-10(2)12-5-7-13(8-6-12)17-9-11(3)14(15)16/h5-8,10-11H,4,9H2,1-3H3,(H2,15,16). The Morgan fingerprint density at radius 3 is 2.35 bits per heavy atom. The predicted octanol–water partition coefficient (Wildman–Crippen LogP) is 2.70. The lowest BCUT2D eigenvalue weighted by Gasteiger charge is -2.12. The van der Waals surface area contributed by atoms with Gasteiger partial charge in [0, 0.05) is 0 Å². The number of ether oxygens (including phenoxy) is 1. The van der Waals surface area contributed by atoms with Crippen LogP contribution >= 0.6 is 0 Å². The van der Waals surface area contributed by atoms with E-state index in [1.165, 1.54) is 5.56 Å². The summed E-state index contributed by atoms with van der Waals surface area (Å²) in [7, 11) is 0. The molecule has 0 aromatic heterocycles. The molecule has 0 fully saturated rings. The second-order valence-electron chi connectivity index (χ2n) is 4.49. The molecule has 0 saturated carbocycles. The van der Waals surface area contributed by atoms with Gasteiger partial charge in [0.05, 0.1) is 12.5 Å². The van der Waals surface area contributed by atoms with E-state index in [2.05, 4.69) is 26.0 Å². The van der Waals surface area contributed by atoms with Gasteiger partial charge >= 0.3 is 0 Å². The zero-order valence-electron chi connectivity index (χ0n) is 10.8. The zero-order valence-corrected chi connectivity index (χ0v) is 10.8. The van der Waals surface area contributed by atoms with Gasteiger partial charge in [-0.15, -0.1) is 0 Å². The van der Waals surface area contributed by atoms with Crippen molar-refractivity contribution in [3.8, 4) is 5.75 Å². The summed E-state index contributed by atoms with van der Waals surface area (Å²) in [5, 5.41) is 0. The summed E-state index contributed by atoms with van der Waals surface area (Å²) >= 11 is 0. The van der Waals surface area contributed by atoms with Crippen molar-refractivity contribution in [2.45, 2.75) is 33.1 Å². The van der Waals surface area contributed by atoms with Crippen LogP contribution in [0.15, 0.2) is 24.3 Å². The lowest BCUT2D eigenvalue weighted by molar-refractivity contribution is -0.122. The van der Waals surface area contributed by atoms with Crippen LogP contribution in [0.4, 0.5) is 0 Å². The van der Waals surface area contributed by atoms with Crippen LogP contribution in [-0.4, -0.2) is 12.5 Å². The largest absolute Gasteiger partial charge is 0.493 e. The topological polar surface area (TPSA) is 52.3 Å². The number of nitrogens with two attached hydrogens (primary N) is 1. The van der Waals surface area contributed by atoms with Crippen LogP contribution < -0.4 is 10.5 Å². The third kappa shape index (κ3) is 4.10. The van der Waals surface area contributed by atoms with E-state index in [0.717, 1.165) is 12.2 Å². The molecule has 2 N–H and O–H groups in total. The maximum atomic E-state index is 10.8. The van der Waals surface area contributed by atoms with E-state index >= 15 is 0 Å². The number of benzene rings is 1. The lowest BCUT2D eigenvalue weighted by Crippen LogP contribution is -2.25. The van der Waals surface area contributed by atoms with Gasteiger partial charge in [-0.05, 0) is 30.0 Å². The molecule has 0 aliphatic heterocycles. The van der Waals surface area contributed by atoms with Crippen molar-refractivity contribution in [3.63, 3.8) is 0 Å². The summed E-state index contributed by atoms with van der Waals surface area (Å²) in [5.74, 6) is 0.754. The number of amides is 1. The smallest absolute Gasteiger partial charge is 0.223 e. The second-order valence-corrected chi connectivity index (χ2v) is 4.49. The van der Waals surface area contributed by atoms with Crippen molar-refractivity contribution in [1.82, 2.24) is 0 Å². The molecule has 94 valence electrons. The van der Waals surface area contributed by atoms with E-state index in [0.29, 0.717) is 12.5 Å². The van der Waals surface area contributed by atoms with Crippen molar-refractivity contribution >= 4 is 5.91 Å². The molecule has 0 aliphatic rings. The first-order chi connectivity index (χ1) is 8.04. The monoisotopic (exact) mass is 235 g/mol. The minimum absolute atomic E-state index is 0.260. The highest BCUT2D eigenvalue weighted by molar-refractivity contribution is 5.76. The fourth-order valence-electron chi connectivity index (χ4n) is 1.43. The van der Waals surface area contributed by atoms with Crippen LogP contribution in [0.25, 0.3) is 0 Å². The predicted molar refractivity (Wildman–Crippen MR) is 69.0 cm³/mol. The molecule has 1 aromatic carbocycles. The van der Waals surface area contributed by atoms with Crippen molar-refractivity contribution < 1.29 is 9.53 Å². The van der Waals surface area contributed by atoms with Crippen molar-refractivity contribution in [2.75, 3.05) is 6.61 Å². The molecule has 1 aromatic rings. The number of carbonyl (C=O) groups excluding carboxylic acids is 1. The molecule has 0 radical (unpaired) electrons.